The molecule has 3 amide bonds. The van der Waals surface area contributed by atoms with Gasteiger partial charge in [-0.2, -0.15) is 0 Å². The van der Waals surface area contributed by atoms with E-state index in [0.717, 1.165) is 36.1 Å². The minimum atomic E-state index is -0.697. The number of carbonyl (C=O) groups excluding carboxylic acids is 3. The number of hydrogen-bond donors (Lipinski definition) is 1. The van der Waals surface area contributed by atoms with E-state index < -0.39 is 22.6 Å². The molecule has 1 aromatic carbocycles. The minimum absolute atomic E-state index is 0.00271. The first-order valence-electron chi connectivity index (χ1n) is 13.7. The number of aryl methyl sites for hydroxylation is 2. The fourth-order valence-corrected chi connectivity index (χ4v) is 9.13. The summed E-state index contributed by atoms with van der Waals surface area (Å²) < 4.78 is -0.656. The van der Waals surface area contributed by atoms with Gasteiger partial charge in [-0.1, -0.05) is 37.3 Å². The number of likely N-dealkylation sites (tertiary alicyclic amines) is 1. The first-order chi connectivity index (χ1) is 18.3. The third-order valence-electron chi connectivity index (χ3n) is 8.32. The molecule has 2 unspecified atom stereocenters. The molecule has 0 saturated carbocycles. The Kier molecular flexibility index (Phi) is 8.72. The molecule has 3 aliphatic heterocycles. The average molecular weight is 540 g/mol. The number of rotatable bonds is 12. The summed E-state index contributed by atoms with van der Waals surface area (Å²) in [6.07, 6.45) is 6.19. The topological polar surface area (TPSA) is 81.2 Å². The summed E-state index contributed by atoms with van der Waals surface area (Å²) in [7, 11) is 0. The van der Waals surface area contributed by atoms with Crippen LogP contribution < -0.4 is 4.90 Å². The zero-order chi connectivity index (χ0) is 27.6. The molecule has 206 valence electrons. The van der Waals surface area contributed by atoms with Crippen LogP contribution in [0.1, 0.15) is 43.7 Å². The molecule has 0 aliphatic carbocycles. The molecule has 5 atom stereocenters. The Labute approximate surface area is 230 Å². The summed E-state index contributed by atoms with van der Waals surface area (Å²) in [5, 5.41) is 9.64. The van der Waals surface area contributed by atoms with Gasteiger partial charge in [-0.3, -0.25) is 14.4 Å². The van der Waals surface area contributed by atoms with Crippen LogP contribution in [-0.2, 0) is 14.4 Å². The van der Waals surface area contributed by atoms with Crippen molar-refractivity contribution in [1.82, 2.24) is 9.80 Å². The fraction of sp³-hybridized carbons (Fsp3) is 0.567. The molecule has 7 nitrogen and oxygen atoms in total. The van der Waals surface area contributed by atoms with E-state index in [1.807, 2.05) is 43.9 Å². The second-order valence-corrected chi connectivity index (χ2v) is 12.3. The summed E-state index contributed by atoms with van der Waals surface area (Å²) in [6, 6.07) is 5.25. The number of thioether (sulfide) groups is 1. The lowest BCUT2D eigenvalue weighted by atomic mass is 9.70. The van der Waals surface area contributed by atoms with Crippen molar-refractivity contribution in [2.45, 2.75) is 62.5 Å². The standard InChI is InChI=1S/C30H41N3O4S/c1-6-15-31(16-7-2)27(35)23-22-13-14-30(38-22)24(23)28(36)33(18-10-19-34)26(30)29(37)32(17-8-3)25-20(4)11-9-12-21(25)5/h6,8-9,11-12,22-24,26,34H,1,3,7,10,13-19H2,2,4-5H3/t22-,23+,24+,26?,30?/m1/s1. The fourth-order valence-electron chi connectivity index (χ4n) is 6.92. The van der Waals surface area contributed by atoms with E-state index in [2.05, 4.69) is 13.2 Å². The van der Waals surface area contributed by atoms with E-state index >= 15 is 0 Å². The van der Waals surface area contributed by atoms with Gasteiger partial charge in [0.15, 0.2) is 0 Å². The lowest BCUT2D eigenvalue weighted by Gasteiger charge is -2.38. The van der Waals surface area contributed by atoms with Crippen molar-refractivity contribution < 1.29 is 19.5 Å². The Hall–Kier alpha value is -2.58. The van der Waals surface area contributed by atoms with Crippen molar-refractivity contribution in [2.75, 3.05) is 37.7 Å². The Morgan fingerprint density at radius 1 is 1.18 bits per heavy atom. The molecule has 3 fully saturated rings. The van der Waals surface area contributed by atoms with Gasteiger partial charge in [-0.05, 0) is 50.7 Å². The number of amides is 3. The monoisotopic (exact) mass is 539 g/mol. The van der Waals surface area contributed by atoms with Gasteiger partial charge >= 0.3 is 0 Å². The Bertz CT molecular complexity index is 1090. The lowest BCUT2D eigenvalue weighted by molar-refractivity contribution is -0.144. The number of nitrogens with zero attached hydrogens (tertiary/aromatic N) is 3. The van der Waals surface area contributed by atoms with Gasteiger partial charge < -0.3 is 19.8 Å². The molecule has 3 aliphatic rings. The average Bonchev–Trinajstić information content (AvgIpc) is 3.53. The van der Waals surface area contributed by atoms with Crippen LogP contribution >= 0.6 is 11.8 Å². The van der Waals surface area contributed by atoms with Crippen LogP contribution in [0, 0.1) is 25.7 Å². The smallest absolute Gasteiger partial charge is 0.251 e. The van der Waals surface area contributed by atoms with Gasteiger partial charge in [0.2, 0.25) is 11.8 Å². The van der Waals surface area contributed by atoms with Gasteiger partial charge in [0.05, 0.1) is 16.6 Å². The van der Waals surface area contributed by atoms with E-state index in [1.165, 1.54) is 0 Å². The summed E-state index contributed by atoms with van der Waals surface area (Å²) in [5.41, 5.74) is 2.81. The molecule has 2 bridgehead atoms. The quantitative estimate of drug-likeness (QED) is 0.410. The zero-order valence-electron chi connectivity index (χ0n) is 22.9. The van der Waals surface area contributed by atoms with Crippen molar-refractivity contribution in [1.29, 1.82) is 0 Å². The first-order valence-corrected chi connectivity index (χ1v) is 14.6. The molecule has 1 N–H and O–H groups in total. The van der Waals surface area contributed by atoms with Crippen molar-refractivity contribution in [2.24, 2.45) is 11.8 Å². The highest BCUT2D eigenvalue weighted by molar-refractivity contribution is 8.02. The summed E-state index contributed by atoms with van der Waals surface area (Å²) >= 11 is 1.68. The number of aliphatic hydroxyl groups excluding tert-OH is 1. The second-order valence-electron chi connectivity index (χ2n) is 10.7. The third kappa shape index (κ3) is 4.60. The summed E-state index contributed by atoms with van der Waals surface area (Å²) in [6.45, 7) is 15.3. The van der Waals surface area contributed by atoms with Crippen molar-refractivity contribution in [3.05, 3.63) is 54.6 Å². The maximum absolute atomic E-state index is 14.6. The predicted octanol–water partition coefficient (Wildman–Crippen LogP) is 3.72. The maximum atomic E-state index is 14.6. The number of para-hydroxylation sites is 1. The molecular weight excluding hydrogens is 498 g/mol. The number of fused-ring (bicyclic) bond motifs is 1. The third-order valence-corrected chi connectivity index (χ3v) is 10.3. The molecule has 0 aromatic heterocycles. The Morgan fingerprint density at radius 2 is 1.87 bits per heavy atom. The molecule has 3 saturated heterocycles. The van der Waals surface area contributed by atoms with Gasteiger partial charge in [0, 0.05) is 43.7 Å². The Morgan fingerprint density at radius 3 is 2.47 bits per heavy atom. The highest BCUT2D eigenvalue weighted by atomic mass is 32.2. The van der Waals surface area contributed by atoms with Crippen molar-refractivity contribution >= 4 is 35.2 Å². The van der Waals surface area contributed by atoms with Crippen LogP contribution in [0.2, 0.25) is 0 Å². The van der Waals surface area contributed by atoms with E-state index in [-0.39, 0.29) is 36.1 Å². The molecule has 1 aromatic rings. The minimum Gasteiger partial charge on any atom is -0.396 e. The van der Waals surface area contributed by atoms with E-state index in [4.69, 9.17) is 0 Å². The Balaban J connectivity index is 1.78. The number of hydrogen-bond acceptors (Lipinski definition) is 5. The second kappa shape index (κ2) is 11.7. The highest BCUT2D eigenvalue weighted by Crippen LogP contribution is 2.66. The molecule has 38 heavy (non-hydrogen) atoms. The highest BCUT2D eigenvalue weighted by Gasteiger charge is 2.74. The largest absolute Gasteiger partial charge is 0.396 e. The molecule has 1 spiro atoms. The van der Waals surface area contributed by atoms with Gasteiger partial charge in [-0.15, -0.1) is 24.9 Å². The molecule has 8 heteroatoms. The van der Waals surface area contributed by atoms with Gasteiger partial charge in [0.1, 0.15) is 6.04 Å². The summed E-state index contributed by atoms with van der Waals surface area (Å²) in [4.78, 5) is 47.9. The first kappa shape index (κ1) is 28.4. The summed E-state index contributed by atoms with van der Waals surface area (Å²) in [5.74, 6) is -1.25. The van der Waals surface area contributed by atoms with E-state index in [9.17, 15) is 19.5 Å². The molecule has 4 rings (SSSR count). The lowest BCUT2D eigenvalue weighted by Crippen LogP contribution is -2.55. The van der Waals surface area contributed by atoms with E-state index in [1.54, 1.807) is 33.7 Å². The number of carbonyl (C=O) groups is 3. The zero-order valence-corrected chi connectivity index (χ0v) is 23.7. The number of benzene rings is 1. The van der Waals surface area contributed by atoms with Crippen LogP contribution in [0.4, 0.5) is 5.69 Å². The normalized spacial score (nSPS) is 27.4. The SMILES string of the molecule is C=CCN(CCC)C(=O)[C@@H]1[C@H]2C(=O)N(CCCO)C(C(=O)N(CC=C)c3c(C)cccc3C)C23CC[C@H]1S3. The van der Waals surface area contributed by atoms with Crippen molar-refractivity contribution in [3.63, 3.8) is 0 Å². The predicted molar refractivity (Wildman–Crippen MR) is 153 cm³/mol. The molecular formula is C30H41N3O4S. The van der Waals surface area contributed by atoms with Crippen molar-refractivity contribution in [3.8, 4) is 0 Å². The molecule has 3 heterocycles. The van der Waals surface area contributed by atoms with Crippen LogP contribution in [-0.4, -0.2) is 81.5 Å². The number of anilines is 1. The maximum Gasteiger partial charge on any atom is 0.251 e. The van der Waals surface area contributed by atoms with Crippen LogP contribution in [0.5, 0.6) is 0 Å². The van der Waals surface area contributed by atoms with Gasteiger partial charge in [0.25, 0.3) is 5.91 Å². The van der Waals surface area contributed by atoms with Crippen LogP contribution in [0.15, 0.2) is 43.5 Å². The van der Waals surface area contributed by atoms with Gasteiger partial charge in [-0.25, -0.2) is 0 Å². The molecule has 0 radical (unpaired) electrons. The van der Waals surface area contributed by atoms with Crippen LogP contribution in [0.25, 0.3) is 0 Å². The van der Waals surface area contributed by atoms with E-state index in [0.29, 0.717) is 26.1 Å². The van der Waals surface area contributed by atoms with Crippen LogP contribution in [0.3, 0.4) is 0 Å². The number of aliphatic hydroxyl groups is 1.